The Labute approximate surface area is 399 Å². The number of fused-ring (bicyclic) bond motifs is 4. The summed E-state index contributed by atoms with van der Waals surface area (Å²) in [4.78, 5) is 78.1. The molecule has 8 rings (SSSR count). The lowest BCUT2D eigenvalue weighted by Crippen LogP contribution is -2.60. The number of hydrogen-bond donors (Lipinski definition) is 6. The minimum atomic E-state index is -1.67. The third-order valence-corrected chi connectivity index (χ3v) is 12.6. The van der Waals surface area contributed by atoms with Crippen molar-refractivity contribution in [3.8, 4) is 34.5 Å². The van der Waals surface area contributed by atoms with E-state index >= 15 is 0 Å². The standard InChI is InChI=1S/C50H50O20/c1-17-9-27-35(29-13-25(15-33(57)39(29)42(60)37(27)31(55)11-17)69-49-47(67-23(7)53)44(62)45(20(4)64-49)65-21(5)51)36-28-10-18(2)12-32(56)38(28)43(61)40-30(36)14-26(16-34(40)58)70-50-48(68-24(8)54)46(66-22(6)52)41(59)19(3)63-50/h9-16,19-20,35-36,41,44-50,55-59,62H,1-8H3. The van der Waals surface area contributed by atoms with Crippen LogP contribution in [0, 0.1) is 13.8 Å². The molecule has 12 atom stereocenters. The molecule has 20 nitrogen and oxygen atoms in total. The van der Waals surface area contributed by atoms with E-state index < -0.39 is 132 Å². The Morgan fingerprint density at radius 1 is 0.457 bits per heavy atom. The van der Waals surface area contributed by atoms with E-state index in [9.17, 15) is 59.4 Å². The van der Waals surface area contributed by atoms with E-state index in [2.05, 4.69) is 0 Å². The zero-order valence-electron chi connectivity index (χ0n) is 38.9. The van der Waals surface area contributed by atoms with Crippen molar-refractivity contribution in [2.24, 2.45) is 0 Å². The summed E-state index contributed by atoms with van der Waals surface area (Å²) >= 11 is 0. The number of aromatic hydroxyl groups is 4. The van der Waals surface area contributed by atoms with E-state index in [0.29, 0.717) is 11.1 Å². The first kappa shape index (κ1) is 49.2. The number of aliphatic hydroxyl groups is 2. The van der Waals surface area contributed by atoms with Gasteiger partial charge in [0.2, 0.25) is 30.3 Å². The molecular formula is C50H50O20. The molecule has 0 radical (unpaired) electrons. The van der Waals surface area contributed by atoms with Gasteiger partial charge in [0.15, 0.2) is 18.3 Å². The van der Waals surface area contributed by atoms with Crippen LogP contribution in [0.1, 0.15) is 119 Å². The third kappa shape index (κ3) is 8.82. The lowest BCUT2D eigenvalue weighted by atomic mass is 9.63. The lowest BCUT2D eigenvalue weighted by Gasteiger charge is -2.42. The zero-order valence-corrected chi connectivity index (χ0v) is 38.9. The number of hydrogen-bond acceptors (Lipinski definition) is 20. The fraction of sp³-hybridized carbons (Fsp3) is 0.400. The molecule has 2 aliphatic heterocycles. The minimum absolute atomic E-state index is 0.0315. The summed E-state index contributed by atoms with van der Waals surface area (Å²) in [5.41, 5.74) is 0.293. The van der Waals surface area contributed by atoms with Gasteiger partial charge >= 0.3 is 23.9 Å². The lowest BCUT2D eigenvalue weighted by molar-refractivity contribution is -0.277. The summed E-state index contributed by atoms with van der Waals surface area (Å²) in [6, 6.07) is 10.8. The molecule has 2 aliphatic carbocycles. The number of ether oxygens (including phenoxy) is 8. The van der Waals surface area contributed by atoms with Gasteiger partial charge in [0.25, 0.3) is 0 Å². The van der Waals surface area contributed by atoms with Crippen molar-refractivity contribution < 1.29 is 97.3 Å². The number of aliphatic hydroxyl groups excluding tert-OH is 2. The largest absolute Gasteiger partial charge is 0.507 e. The van der Waals surface area contributed by atoms with Crippen molar-refractivity contribution in [3.63, 3.8) is 0 Å². The van der Waals surface area contributed by atoms with Gasteiger partial charge in [-0.3, -0.25) is 28.8 Å². The van der Waals surface area contributed by atoms with E-state index in [1.165, 1.54) is 38.1 Å². The predicted molar refractivity (Wildman–Crippen MR) is 237 cm³/mol. The molecule has 4 aliphatic rings. The molecular weight excluding hydrogens is 921 g/mol. The monoisotopic (exact) mass is 970 g/mol. The van der Waals surface area contributed by atoms with Gasteiger partial charge in [-0.05, 0) is 85.3 Å². The average Bonchev–Trinajstić information content (AvgIpc) is 3.23. The van der Waals surface area contributed by atoms with Crippen molar-refractivity contribution in [3.05, 3.63) is 104 Å². The van der Waals surface area contributed by atoms with Gasteiger partial charge < -0.3 is 68.5 Å². The molecule has 0 bridgehead atoms. The summed E-state index contributed by atoms with van der Waals surface area (Å²) in [5, 5.41) is 69.3. The maximum Gasteiger partial charge on any atom is 0.303 e. The minimum Gasteiger partial charge on any atom is -0.507 e. The molecule has 20 heteroatoms. The number of phenols is 4. The summed E-state index contributed by atoms with van der Waals surface area (Å²) < 4.78 is 46.0. The van der Waals surface area contributed by atoms with Crippen LogP contribution in [-0.2, 0) is 47.6 Å². The Morgan fingerprint density at radius 2 is 0.800 bits per heavy atom. The molecule has 4 aromatic carbocycles. The van der Waals surface area contributed by atoms with E-state index in [4.69, 9.17) is 37.9 Å². The van der Waals surface area contributed by atoms with Crippen molar-refractivity contribution in [2.45, 2.75) is 129 Å². The highest BCUT2D eigenvalue weighted by molar-refractivity contribution is 6.18. The first-order valence-corrected chi connectivity index (χ1v) is 22.1. The molecule has 70 heavy (non-hydrogen) atoms. The number of carbonyl (C=O) groups is 6. The molecule has 0 spiro atoms. The maximum absolute atomic E-state index is 14.6. The van der Waals surface area contributed by atoms with Gasteiger partial charge in [0.05, 0.1) is 34.5 Å². The SMILES string of the molecule is CC(=O)OC1C(C)OC(Oc2cc(O)c3c(c2)C(C2c4cc(C)cc(O)c4C(=O)c4c(O)cc(OC5OC(C)C(O)C(OC(C)=O)C5OC(C)=O)cc42)c2cc(C)cc(O)c2C3=O)C(OC(C)=O)C1O. The fourth-order valence-electron chi connectivity index (χ4n) is 10.00. The Morgan fingerprint density at radius 3 is 1.23 bits per heavy atom. The highest BCUT2D eigenvalue weighted by Crippen LogP contribution is 2.57. The van der Waals surface area contributed by atoms with Gasteiger partial charge in [-0.1, -0.05) is 12.1 Å². The highest BCUT2D eigenvalue weighted by atomic mass is 16.7. The van der Waals surface area contributed by atoms with E-state index in [1.54, 1.807) is 26.0 Å². The van der Waals surface area contributed by atoms with Crippen molar-refractivity contribution in [1.29, 1.82) is 0 Å². The van der Waals surface area contributed by atoms with Crippen LogP contribution in [0.15, 0.2) is 48.5 Å². The van der Waals surface area contributed by atoms with Crippen LogP contribution in [-0.4, -0.2) is 127 Å². The van der Waals surface area contributed by atoms with Crippen LogP contribution >= 0.6 is 0 Å². The van der Waals surface area contributed by atoms with Crippen molar-refractivity contribution in [2.75, 3.05) is 0 Å². The molecule has 0 aromatic heterocycles. The zero-order chi connectivity index (χ0) is 50.9. The summed E-state index contributed by atoms with van der Waals surface area (Å²) in [7, 11) is 0. The molecule has 12 unspecified atom stereocenters. The number of esters is 4. The molecule has 2 heterocycles. The van der Waals surface area contributed by atoms with E-state index in [0.717, 1.165) is 39.8 Å². The molecule has 4 aromatic rings. The van der Waals surface area contributed by atoms with Gasteiger partial charge in [-0.25, -0.2) is 0 Å². The van der Waals surface area contributed by atoms with Crippen molar-refractivity contribution >= 4 is 35.4 Å². The molecule has 2 saturated heterocycles. The van der Waals surface area contributed by atoms with Gasteiger partial charge in [0.1, 0.15) is 46.7 Å². The fourth-order valence-corrected chi connectivity index (χ4v) is 10.00. The Balaban J connectivity index is 1.33. The summed E-state index contributed by atoms with van der Waals surface area (Å²) in [5.74, 6) is -10.0. The topological polar surface area (TPSA) is 298 Å². The first-order valence-electron chi connectivity index (χ1n) is 22.1. The number of benzene rings is 4. The number of carbonyl (C=O) groups excluding carboxylic acids is 6. The summed E-state index contributed by atoms with van der Waals surface area (Å²) in [6.45, 7) is 10.6. The van der Waals surface area contributed by atoms with Crippen LogP contribution in [0.3, 0.4) is 0 Å². The molecule has 0 saturated carbocycles. The molecule has 6 N–H and O–H groups in total. The first-order chi connectivity index (χ1) is 32.9. The van der Waals surface area contributed by atoms with Gasteiger partial charge in [-0.2, -0.15) is 0 Å². The molecule has 2 fully saturated rings. The Kier molecular flexibility index (Phi) is 13.0. The van der Waals surface area contributed by atoms with E-state index in [1.807, 2.05) is 0 Å². The number of rotatable bonds is 9. The van der Waals surface area contributed by atoms with Crippen LogP contribution in [0.25, 0.3) is 0 Å². The second-order valence-corrected chi connectivity index (χ2v) is 17.9. The van der Waals surface area contributed by atoms with Crippen LogP contribution in [0.2, 0.25) is 0 Å². The highest BCUT2D eigenvalue weighted by Gasteiger charge is 2.52. The third-order valence-electron chi connectivity index (χ3n) is 12.6. The van der Waals surface area contributed by atoms with Crippen molar-refractivity contribution in [1.82, 2.24) is 0 Å². The molecule has 0 amide bonds. The van der Waals surface area contributed by atoms with Gasteiger partial charge in [0, 0.05) is 51.7 Å². The Bertz CT molecular complexity index is 2850. The van der Waals surface area contributed by atoms with E-state index in [-0.39, 0.29) is 56.0 Å². The smallest absolute Gasteiger partial charge is 0.303 e. The Hall–Kier alpha value is -7.26. The molecule has 370 valence electrons. The average molecular weight is 971 g/mol. The second kappa shape index (κ2) is 18.6. The quantitative estimate of drug-likeness (QED) is 0.102. The predicted octanol–water partition coefficient (Wildman–Crippen LogP) is 3.87. The van der Waals surface area contributed by atoms with Crippen LogP contribution in [0.5, 0.6) is 34.5 Å². The number of aryl methyl sites for hydroxylation is 2. The van der Waals surface area contributed by atoms with Gasteiger partial charge in [-0.15, -0.1) is 0 Å². The van der Waals surface area contributed by atoms with Crippen LogP contribution < -0.4 is 9.47 Å². The van der Waals surface area contributed by atoms with Crippen LogP contribution in [0.4, 0.5) is 0 Å². The maximum atomic E-state index is 14.6. The second-order valence-electron chi connectivity index (χ2n) is 17.9. The number of ketones is 2. The normalized spacial score (nSPS) is 27.7. The number of phenolic OH excluding ortho intramolecular Hbond substituents is 4. The summed E-state index contributed by atoms with van der Waals surface area (Å²) in [6.07, 6.45) is -14.4.